The highest BCUT2D eigenvalue weighted by atomic mass is 79.9. The van der Waals surface area contributed by atoms with Crippen molar-refractivity contribution in [1.29, 1.82) is 0 Å². The molecule has 0 saturated carbocycles. The van der Waals surface area contributed by atoms with Crippen LogP contribution in [0.3, 0.4) is 0 Å². The fourth-order valence-electron chi connectivity index (χ4n) is 2.31. The predicted octanol–water partition coefficient (Wildman–Crippen LogP) is 3.47. The molecule has 0 radical (unpaired) electrons. The minimum absolute atomic E-state index is 0.264. The Morgan fingerprint density at radius 2 is 2.00 bits per heavy atom. The number of halogens is 1. The summed E-state index contributed by atoms with van der Waals surface area (Å²) < 4.78 is 12.2. The molecule has 1 aliphatic rings. The summed E-state index contributed by atoms with van der Waals surface area (Å²) in [7, 11) is 0. The van der Waals surface area contributed by atoms with Crippen LogP contribution in [0.5, 0.6) is 11.5 Å². The lowest BCUT2D eigenvalue weighted by atomic mass is 10.1. The lowest BCUT2D eigenvalue weighted by Crippen LogP contribution is -2.19. The SMILES string of the molecule is CC(NCc1cc(Br)c2c(c1)OCCO2)c1ccncc1. The van der Waals surface area contributed by atoms with Crippen LogP contribution in [0.4, 0.5) is 0 Å². The van der Waals surface area contributed by atoms with Gasteiger partial charge < -0.3 is 14.8 Å². The fraction of sp³-hybridized carbons (Fsp3) is 0.312. The standard InChI is InChI=1S/C16H17BrN2O2/c1-11(13-2-4-18-5-3-13)19-10-12-8-14(17)16-15(9-12)20-6-7-21-16/h2-5,8-9,11,19H,6-7,10H2,1H3. The Morgan fingerprint density at radius 3 is 2.81 bits per heavy atom. The molecule has 0 fully saturated rings. The van der Waals surface area contributed by atoms with E-state index in [4.69, 9.17) is 9.47 Å². The third-order valence-electron chi connectivity index (χ3n) is 3.48. The molecule has 2 heterocycles. The third kappa shape index (κ3) is 3.36. The number of ether oxygens (including phenoxy) is 2. The van der Waals surface area contributed by atoms with Crippen LogP contribution in [0.1, 0.15) is 24.1 Å². The Kier molecular flexibility index (Phi) is 4.41. The van der Waals surface area contributed by atoms with Crippen molar-refractivity contribution in [1.82, 2.24) is 10.3 Å². The van der Waals surface area contributed by atoms with Gasteiger partial charge in [-0.3, -0.25) is 4.98 Å². The van der Waals surface area contributed by atoms with Gasteiger partial charge in [-0.25, -0.2) is 0 Å². The topological polar surface area (TPSA) is 43.4 Å². The van der Waals surface area contributed by atoms with Crippen LogP contribution in [0, 0.1) is 0 Å². The highest BCUT2D eigenvalue weighted by Crippen LogP contribution is 2.38. The molecule has 4 nitrogen and oxygen atoms in total. The first-order valence-electron chi connectivity index (χ1n) is 6.95. The quantitative estimate of drug-likeness (QED) is 0.918. The van der Waals surface area contributed by atoms with Gasteiger partial charge in [0.25, 0.3) is 0 Å². The number of nitrogens with zero attached hydrogens (tertiary/aromatic N) is 1. The number of aromatic nitrogens is 1. The number of nitrogens with one attached hydrogen (secondary N) is 1. The van der Waals surface area contributed by atoms with Gasteiger partial charge in [0.05, 0.1) is 4.47 Å². The Bertz CT molecular complexity index is 619. The molecule has 1 aromatic heterocycles. The maximum atomic E-state index is 5.65. The van der Waals surface area contributed by atoms with E-state index < -0.39 is 0 Å². The number of hydrogen-bond donors (Lipinski definition) is 1. The number of hydrogen-bond acceptors (Lipinski definition) is 4. The van der Waals surface area contributed by atoms with Crippen molar-refractivity contribution in [2.24, 2.45) is 0 Å². The monoisotopic (exact) mass is 348 g/mol. The molecular formula is C16H17BrN2O2. The van der Waals surface area contributed by atoms with E-state index in [1.165, 1.54) is 5.56 Å². The number of pyridine rings is 1. The van der Waals surface area contributed by atoms with Gasteiger partial charge in [0.15, 0.2) is 11.5 Å². The second-order valence-electron chi connectivity index (χ2n) is 4.98. The van der Waals surface area contributed by atoms with Crippen LogP contribution in [0.15, 0.2) is 41.1 Å². The normalized spacial score (nSPS) is 14.8. The van der Waals surface area contributed by atoms with Crippen molar-refractivity contribution in [2.45, 2.75) is 19.5 Å². The second-order valence-corrected chi connectivity index (χ2v) is 5.84. The minimum atomic E-state index is 0.264. The maximum absolute atomic E-state index is 5.65. The van der Waals surface area contributed by atoms with Crippen molar-refractivity contribution >= 4 is 15.9 Å². The molecule has 21 heavy (non-hydrogen) atoms. The van der Waals surface area contributed by atoms with E-state index >= 15 is 0 Å². The van der Waals surface area contributed by atoms with E-state index in [-0.39, 0.29) is 6.04 Å². The van der Waals surface area contributed by atoms with Crippen molar-refractivity contribution < 1.29 is 9.47 Å². The molecule has 1 aliphatic heterocycles. The van der Waals surface area contributed by atoms with Crippen molar-refractivity contribution in [3.8, 4) is 11.5 Å². The molecular weight excluding hydrogens is 332 g/mol. The van der Waals surface area contributed by atoms with Crippen molar-refractivity contribution in [3.05, 3.63) is 52.3 Å². The molecule has 2 aromatic rings. The van der Waals surface area contributed by atoms with Crippen LogP contribution < -0.4 is 14.8 Å². The molecule has 1 N–H and O–H groups in total. The van der Waals surface area contributed by atoms with E-state index in [1.54, 1.807) is 0 Å². The smallest absolute Gasteiger partial charge is 0.175 e. The Balaban J connectivity index is 1.69. The van der Waals surface area contributed by atoms with E-state index in [2.05, 4.69) is 39.2 Å². The van der Waals surface area contributed by atoms with Crippen LogP contribution >= 0.6 is 15.9 Å². The summed E-state index contributed by atoms with van der Waals surface area (Å²) in [5.74, 6) is 1.61. The first kappa shape index (κ1) is 14.4. The van der Waals surface area contributed by atoms with Gasteiger partial charge in [0, 0.05) is 25.0 Å². The average molecular weight is 349 g/mol. The minimum Gasteiger partial charge on any atom is -0.486 e. The molecule has 0 saturated heterocycles. The third-order valence-corrected chi connectivity index (χ3v) is 4.06. The summed E-state index contributed by atoms with van der Waals surface area (Å²) in [5, 5.41) is 3.50. The summed E-state index contributed by atoms with van der Waals surface area (Å²) in [4.78, 5) is 4.04. The number of rotatable bonds is 4. The molecule has 3 rings (SSSR count). The van der Waals surface area contributed by atoms with Crippen molar-refractivity contribution in [2.75, 3.05) is 13.2 Å². The number of benzene rings is 1. The van der Waals surface area contributed by atoms with Crippen LogP contribution in [0.25, 0.3) is 0 Å². The molecule has 0 bridgehead atoms. The molecule has 0 spiro atoms. The van der Waals surface area contributed by atoms with E-state index in [0.29, 0.717) is 13.2 Å². The average Bonchev–Trinajstić information content (AvgIpc) is 2.53. The fourth-order valence-corrected chi connectivity index (χ4v) is 2.91. The predicted molar refractivity (Wildman–Crippen MR) is 84.6 cm³/mol. The van der Waals surface area contributed by atoms with Gasteiger partial charge in [-0.1, -0.05) is 0 Å². The van der Waals surface area contributed by atoms with Crippen molar-refractivity contribution in [3.63, 3.8) is 0 Å². The molecule has 1 atom stereocenters. The lowest BCUT2D eigenvalue weighted by molar-refractivity contribution is 0.170. The zero-order valence-corrected chi connectivity index (χ0v) is 13.4. The first-order valence-corrected chi connectivity index (χ1v) is 7.74. The molecule has 0 amide bonds. The van der Waals surface area contributed by atoms with Crippen LogP contribution in [-0.2, 0) is 6.54 Å². The lowest BCUT2D eigenvalue weighted by Gasteiger charge is -2.21. The van der Waals surface area contributed by atoms with E-state index in [0.717, 1.165) is 28.1 Å². The van der Waals surface area contributed by atoms with E-state index in [9.17, 15) is 0 Å². The van der Waals surface area contributed by atoms with Gasteiger partial charge >= 0.3 is 0 Å². The highest BCUT2D eigenvalue weighted by molar-refractivity contribution is 9.10. The zero-order chi connectivity index (χ0) is 14.7. The zero-order valence-electron chi connectivity index (χ0n) is 11.8. The molecule has 1 aromatic carbocycles. The summed E-state index contributed by atoms with van der Waals surface area (Å²) in [6, 6.07) is 8.42. The molecule has 5 heteroatoms. The van der Waals surface area contributed by atoms with Gasteiger partial charge in [-0.15, -0.1) is 0 Å². The second kappa shape index (κ2) is 6.45. The molecule has 110 valence electrons. The first-order chi connectivity index (χ1) is 10.2. The van der Waals surface area contributed by atoms with Gasteiger partial charge in [-0.05, 0) is 58.2 Å². The maximum Gasteiger partial charge on any atom is 0.175 e. The van der Waals surface area contributed by atoms with E-state index in [1.807, 2.05) is 30.6 Å². The Morgan fingerprint density at radius 1 is 1.24 bits per heavy atom. The summed E-state index contributed by atoms with van der Waals surface area (Å²) in [6.45, 7) is 4.10. The summed E-state index contributed by atoms with van der Waals surface area (Å²) in [5.41, 5.74) is 2.38. The van der Waals surface area contributed by atoms with Gasteiger partial charge in [0.2, 0.25) is 0 Å². The van der Waals surface area contributed by atoms with Crippen LogP contribution in [0.2, 0.25) is 0 Å². The number of fused-ring (bicyclic) bond motifs is 1. The summed E-state index contributed by atoms with van der Waals surface area (Å²) in [6.07, 6.45) is 3.63. The van der Waals surface area contributed by atoms with Gasteiger partial charge in [-0.2, -0.15) is 0 Å². The molecule has 1 unspecified atom stereocenters. The largest absolute Gasteiger partial charge is 0.486 e. The summed E-state index contributed by atoms with van der Waals surface area (Å²) >= 11 is 3.54. The van der Waals surface area contributed by atoms with Crippen LogP contribution in [-0.4, -0.2) is 18.2 Å². The Labute approximate surface area is 132 Å². The highest BCUT2D eigenvalue weighted by Gasteiger charge is 2.16. The molecule has 0 aliphatic carbocycles. The van der Waals surface area contributed by atoms with Gasteiger partial charge in [0.1, 0.15) is 13.2 Å². The Hall–Kier alpha value is -1.59.